The van der Waals surface area contributed by atoms with E-state index in [9.17, 15) is 5.11 Å². The molecule has 2 N–H and O–H groups in total. The molecule has 1 fully saturated rings. The second-order valence-corrected chi connectivity index (χ2v) is 7.64. The van der Waals surface area contributed by atoms with Gasteiger partial charge in [0.2, 0.25) is 0 Å². The maximum atomic E-state index is 10.5. The topological polar surface area (TPSA) is 65.0 Å². The molecule has 1 aromatic carbocycles. The van der Waals surface area contributed by atoms with E-state index in [0.29, 0.717) is 6.54 Å². The number of rotatable bonds is 5. The maximum absolute atomic E-state index is 10.5. The van der Waals surface area contributed by atoms with Crippen molar-refractivity contribution in [2.24, 2.45) is 5.92 Å². The van der Waals surface area contributed by atoms with Gasteiger partial charge in [-0.2, -0.15) is 5.10 Å². The molecule has 3 aromatic rings. The van der Waals surface area contributed by atoms with E-state index < -0.39 is 0 Å². The second-order valence-electron chi connectivity index (χ2n) is 7.64. The lowest BCUT2D eigenvalue weighted by Gasteiger charge is -2.16. The highest BCUT2D eigenvalue weighted by atomic mass is 16.3. The SMILES string of the molecule is Cc1ccc(C)c(-c2[nH]ncc2CN2C[C@@H](Cc3ccccn3)[C@H](O)C2)c1. The van der Waals surface area contributed by atoms with Crippen molar-refractivity contribution < 1.29 is 5.11 Å². The van der Waals surface area contributed by atoms with E-state index in [1.54, 1.807) is 0 Å². The fraction of sp³-hybridized carbons (Fsp3) is 0.364. The predicted molar refractivity (Wildman–Crippen MR) is 106 cm³/mol. The number of pyridine rings is 1. The molecule has 3 heterocycles. The van der Waals surface area contributed by atoms with Crippen molar-refractivity contribution in [3.63, 3.8) is 0 Å². The molecule has 2 atom stereocenters. The minimum Gasteiger partial charge on any atom is -0.391 e. The smallest absolute Gasteiger partial charge is 0.0711 e. The number of benzene rings is 1. The van der Waals surface area contributed by atoms with Gasteiger partial charge in [-0.05, 0) is 44.0 Å². The fourth-order valence-electron chi connectivity index (χ4n) is 3.97. The number of hydrogen-bond donors (Lipinski definition) is 2. The van der Waals surface area contributed by atoms with Crippen LogP contribution in [-0.2, 0) is 13.0 Å². The molecule has 0 spiro atoms. The van der Waals surface area contributed by atoms with E-state index >= 15 is 0 Å². The predicted octanol–water partition coefficient (Wildman–Crippen LogP) is 3.12. The Morgan fingerprint density at radius 2 is 2.07 bits per heavy atom. The number of aromatic nitrogens is 3. The average molecular weight is 362 g/mol. The second kappa shape index (κ2) is 7.62. The van der Waals surface area contributed by atoms with Crippen LogP contribution in [0.2, 0.25) is 0 Å². The molecule has 0 radical (unpaired) electrons. The van der Waals surface area contributed by atoms with E-state index in [1.807, 2.05) is 30.6 Å². The molecule has 4 rings (SSSR count). The van der Waals surface area contributed by atoms with Crippen molar-refractivity contribution in [3.05, 3.63) is 71.2 Å². The monoisotopic (exact) mass is 362 g/mol. The Hall–Kier alpha value is -2.50. The largest absolute Gasteiger partial charge is 0.391 e. The zero-order chi connectivity index (χ0) is 18.8. The average Bonchev–Trinajstić information content (AvgIpc) is 3.25. The minimum atomic E-state index is -0.317. The van der Waals surface area contributed by atoms with Crippen LogP contribution < -0.4 is 0 Å². The van der Waals surface area contributed by atoms with Crippen molar-refractivity contribution in [1.82, 2.24) is 20.1 Å². The summed E-state index contributed by atoms with van der Waals surface area (Å²) in [4.78, 5) is 6.72. The molecule has 27 heavy (non-hydrogen) atoms. The molecule has 5 heteroatoms. The van der Waals surface area contributed by atoms with Gasteiger partial charge in [-0.25, -0.2) is 0 Å². The van der Waals surface area contributed by atoms with E-state index in [1.165, 1.54) is 22.3 Å². The fourth-order valence-corrected chi connectivity index (χ4v) is 3.97. The van der Waals surface area contributed by atoms with Crippen LogP contribution >= 0.6 is 0 Å². The minimum absolute atomic E-state index is 0.218. The Kier molecular flexibility index (Phi) is 5.05. The highest BCUT2D eigenvalue weighted by molar-refractivity contribution is 5.67. The summed E-state index contributed by atoms with van der Waals surface area (Å²) in [5, 5.41) is 18.0. The molecule has 0 bridgehead atoms. The van der Waals surface area contributed by atoms with Crippen LogP contribution in [-0.4, -0.2) is 44.4 Å². The third-order valence-corrected chi connectivity index (χ3v) is 5.45. The molecule has 140 valence electrons. The third kappa shape index (κ3) is 3.94. The quantitative estimate of drug-likeness (QED) is 0.732. The summed E-state index contributed by atoms with van der Waals surface area (Å²) in [7, 11) is 0. The first-order chi connectivity index (χ1) is 13.1. The molecule has 1 aliphatic rings. The lowest BCUT2D eigenvalue weighted by atomic mass is 9.99. The highest BCUT2D eigenvalue weighted by Gasteiger charge is 2.32. The first kappa shape index (κ1) is 17.9. The van der Waals surface area contributed by atoms with Crippen LogP contribution in [0.15, 0.2) is 48.8 Å². The Balaban J connectivity index is 1.48. The van der Waals surface area contributed by atoms with E-state index in [4.69, 9.17) is 0 Å². The number of nitrogens with zero attached hydrogens (tertiary/aromatic N) is 3. The Morgan fingerprint density at radius 1 is 1.19 bits per heavy atom. The van der Waals surface area contributed by atoms with E-state index in [0.717, 1.165) is 30.9 Å². The van der Waals surface area contributed by atoms with E-state index in [2.05, 4.69) is 52.1 Å². The van der Waals surface area contributed by atoms with Gasteiger partial charge in [-0.1, -0.05) is 23.8 Å². The van der Waals surface area contributed by atoms with E-state index in [-0.39, 0.29) is 12.0 Å². The number of nitrogens with one attached hydrogen (secondary N) is 1. The normalized spacial score (nSPS) is 20.3. The van der Waals surface area contributed by atoms with Gasteiger partial charge < -0.3 is 5.11 Å². The van der Waals surface area contributed by atoms with Crippen molar-refractivity contribution in [1.29, 1.82) is 0 Å². The van der Waals surface area contributed by atoms with Gasteiger partial charge >= 0.3 is 0 Å². The molecule has 0 amide bonds. The van der Waals surface area contributed by atoms with Crippen LogP contribution in [0.5, 0.6) is 0 Å². The van der Waals surface area contributed by atoms with Gasteiger partial charge in [0.1, 0.15) is 0 Å². The summed E-state index contributed by atoms with van der Waals surface area (Å²) in [6.45, 7) is 6.58. The summed E-state index contributed by atoms with van der Waals surface area (Å²) in [5.41, 5.74) is 6.98. The number of aromatic amines is 1. The van der Waals surface area contributed by atoms with Crippen LogP contribution in [0.3, 0.4) is 0 Å². The molecular weight excluding hydrogens is 336 g/mol. The first-order valence-electron chi connectivity index (χ1n) is 9.50. The Bertz CT molecular complexity index is 906. The number of aliphatic hydroxyl groups is 1. The van der Waals surface area contributed by atoms with Gasteiger partial charge in [-0.3, -0.25) is 15.0 Å². The first-order valence-corrected chi connectivity index (χ1v) is 9.50. The standard InChI is InChI=1S/C22H26N4O/c1-15-6-7-16(2)20(9-15)22-18(11-24-25-22)13-26-12-17(21(27)14-26)10-19-5-3-4-8-23-19/h3-9,11,17,21,27H,10,12-14H2,1-2H3,(H,24,25)/t17-,21-/m1/s1. The van der Waals surface area contributed by atoms with Gasteiger partial charge in [0.05, 0.1) is 18.0 Å². The molecule has 1 saturated heterocycles. The lowest BCUT2D eigenvalue weighted by Crippen LogP contribution is -2.21. The number of aliphatic hydroxyl groups excluding tert-OH is 1. The van der Waals surface area contributed by atoms with Crippen molar-refractivity contribution in [2.75, 3.05) is 13.1 Å². The highest BCUT2D eigenvalue weighted by Crippen LogP contribution is 2.29. The van der Waals surface area contributed by atoms with Gasteiger partial charge in [0, 0.05) is 48.6 Å². The molecular formula is C22H26N4O. The van der Waals surface area contributed by atoms with Crippen LogP contribution in [0.25, 0.3) is 11.3 Å². The molecule has 5 nitrogen and oxygen atoms in total. The summed E-state index contributed by atoms with van der Waals surface area (Å²) >= 11 is 0. The third-order valence-electron chi connectivity index (χ3n) is 5.45. The molecule has 0 unspecified atom stereocenters. The summed E-state index contributed by atoms with van der Waals surface area (Å²) in [5.74, 6) is 0.218. The molecule has 0 aliphatic carbocycles. The number of aryl methyl sites for hydroxylation is 2. The molecule has 0 saturated carbocycles. The number of hydrogen-bond acceptors (Lipinski definition) is 4. The zero-order valence-corrected chi connectivity index (χ0v) is 15.9. The van der Waals surface area contributed by atoms with Crippen LogP contribution in [0, 0.1) is 19.8 Å². The zero-order valence-electron chi connectivity index (χ0n) is 15.9. The molecule has 2 aromatic heterocycles. The summed E-state index contributed by atoms with van der Waals surface area (Å²) < 4.78 is 0. The molecule has 1 aliphatic heterocycles. The lowest BCUT2D eigenvalue weighted by molar-refractivity contribution is 0.140. The van der Waals surface area contributed by atoms with Gasteiger partial charge in [-0.15, -0.1) is 0 Å². The Morgan fingerprint density at radius 3 is 2.89 bits per heavy atom. The number of likely N-dealkylation sites (tertiary alicyclic amines) is 1. The van der Waals surface area contributed by atoms with Crippen molar-refractivity contribution in [3.8, 4) is 11.3 Å². The maximum Gasteiger partial charge on any atom is 0.0711 e. The summed E-state index contributed by atoms with van der Waals surface area (Å²) in [6, 6.07) is 12.4. The number of H-pyrrole nitrogens is 1. The van der Waals surface area contributed by atoms with Gasteiger partial charge in [0.25, 0.3) is 0 Å². The van der Waals surface area contributed by atoms with Gasteiger partial charge in [0.15, 0.2) is 0 Å². The summed E-state index contributed by atoms with van der Waals surface area (Å²) in [6.07, 6.45) is 4.22. The Labute approximate surface area is 160 Å². The van der Waals surface area contributed by atoms with Crippen LogP contribution in [0.1, 0.15) is 22.4 Å². The number of β-amino-alcohol motifs (C(OH)–C–C–N with tert-alkyl or cyclic N) is 1. The van der Waals surface area contributed by atoms with Crippen molar-refractivity contribution >= 4 is 0 Å². The van der Waals surface area contributed by atoms with Crippen molar-refractivity contribution in [2.45, 2.75) is 32.9 Å². The van der Waals surface area contributed by atoms with Crippen LogP contribution in [0.4, 0.5) is 0 Å².